The van der Waals surface area contributed by atoms with Gasteiger partial charge in [0.1, 0.15) is 50.6 Å². The van der Waals surface area contributed by atoms with Crippen LogP contribution < -0.4 is 20.9 Å². The third kappa shape index (κ3) is 18.7. The average Bonchev–Trinajstić information content (AvgIpc) is 0.928. The first-order valence-corrected chi connectivity index (χ1v) is 34.8. The van der Waals surface area contributed by atoms with Crippen LogP contribution in [0.15, 0.2) is 165 Å². The Hall–Kier alpha value is -9.53. The molecule has 532 valence electrons. The molecular formula is C72H57Cl10N15O7. The van der Waals surface area contributed by atoms with E-state index < -0.39 is 0 Å². The SMILES string of the molecule is CCNCc1ccc2c(Cl)cc(Cl)c(O)c2n1.CN(c1ccccn1)c1ccc2c(Cl)cc(Cl)c(O)c2n1.Cn1cnc(CCNC(=O)c2ccc3c(Cl)cc(Cl)c(O)c3n2)c1.O=C(NCCc1cnc[nH]1)c1ccc2c(Cl)cc(Cl)c(O)c2n1.Oc1c(Cl)cc(Cl)c2ccc(-c3ccccn3)nc12. The summed E-state index contributed by atoms with van der Waals surface area (Å²) in [6.45, 7) is 4.39. The first-order chi connectivity index (χ1) is 49.9. The minimum Gasteiger partial charge on any atom is -0.504 e. The number of carbonyl (C=O) groups is 2. The minimum absolute atomic E-state index is 0.0237. The van der Waals surface area contributed by atoms with Crippen LogP contribution in [-0.2, 0) is 26.4 Å². The summed E-state index contributed by atoms with van der Waals surface area (Å²) < 4.78 is 1.85. The van der Waals surface area contributed by atoms with Crippen molar-refractivity contribution in [3.63, 3.8) is 0 Å². The number of fused-ring (bicyclic) bond motifs is 5. The number of hydrogen-bond acceptors (Lipinski definition) is 18. The maximum Gasteiger partial charge on any atom is 0.269 e. The van der Waals surface area contributed by atoms with Crippen LogP contribution in [-0.4, -0.2) is 118 Å². The molecule has 9 heterocycles. The van der Waals surface area contributed by atoms with Crippen molar-refractivity contribution in [2.75, 3.05) is 31.6 Å². The number of aromatic nitrogens is 11. The van der Waals surface area contributed by atoms with Crippen molar-refractivity contribution in [3.8, 4) is 40.1 Å². The molecule has 22 nitrogen and oxygen atoms in total. The number of aromatic amines is 1. The van der Waals surface area contributed by atoms with E-state index in [0.717, 1.165) is 35.1 Å². The predicted molar refractivity (Wildman–Crippen MR) is 414 cm³/mol. The maximum atomic E-state index is 12.2. The number of H-pyrrole nitrogens is 1. The molecule has 0 aliphatic rings. The molecule has 5 aromatic carbocycles. The van der Waals surface area contributed by atoms with Crippen LogP contribution in [0.5, 0.6) is 28.7 Å². The third-order valence-corrected chi connectivity index (χ3v) is 18.3. The zero-order valence-electron chi connectivity index (χ0n) is 54.6. The number of nitrogens with one attached hydrogen (secondary N) is 4. The molecule has 9 aromatic heterocycles. The van der Waals surface area contributed by atoms with Gasteiger partial charge in [0.05, 0.1) is 85.7 Å². The molecule has 0 spiro atoms. The van der Waals surface area contributed by atoms with Crippen molar-refractivity contribution >= 4 is 194 Å². The lowest BCUT2D eigenvalue weighted by atomic mass is 10.1. The van der Waals surface area contributed by atoms with Crippen molar-refractivity contribution < 1.29 is 35.1 Å². The van der Waals surface area contributed by atoms with E-state index in [1.165, 1.54) is 30.3 Å². The first kappa shape index (κ1) is 77.1. The smallest absolute Gasteiger partial charge is 0.269 e. The van der Waals surface area contributed by atoms with Crippen LogP contribution in [0.2, 0.25) is 50.2 Å². The summed E-state index contributed by atoms with van der Waals surface area (Å²) in [6.07, 6.45) is 11.5. The van der Waals surface area contributed by atoms with Gasteiger partial charge in [-0.15, -0.1) is 0 Å². The van der Waals surface area contributed by atoms with E-state index in [1.54, 1.807) is 67.6 Å². The van der Waals surface area contributed by atoms with Crippen molar-refractivity contribution in [1.29, 1.82) is 0 Å². The Balaban J connectivity index is 0.000000140. The molecular weight excluding hydrogens is 1540 g/mol. The number of halogens is 10. The molecule has 0 aliphatic heterocycles. The van der Waals surface area contributed by atoms with Crippen LogP contribution >= 0.6 is 116 Å². The summed E-state index contributed by atoms with van der Waals surface area (Å²) in [5, 5.41) is 64.6. The fraction of sp³-hybridized carbons (Fsp3) is 0.125. The van der Waals surface area contributed by atoms with Crippen molar-refractivity contribution in [2.45, 2.75) is 26.3 Å². The van der Waals surface area contributed by atoms with E-state index in [0.29, 0.717) is 113 Å². The monoisotopic (exact) mass is 1590 g/mol. The normalized spacial score (nSPS) is 10.9. The summed E-state index contributed by atoms with van der Waals surface area (Å²) in [6, 6.07) is 35.9. The largest absolute Gasteiger partial charge is 0.504 e. The Morgan fingerprint density at radius 3 is 1.38 bits per heavy atom. The van der Waals surface area contributed by atoms with Crippen molar-refractivity contribution in [1.82, 2.24) is 70.4 Å². The molecule has 0 saturated heterocycles. The van der Waals surface area contributed by atoms with Crippen molar-refractivity contribution in [3.05, 3.63) is 244 Å². The van der Waals surface area contributed by atoms with Gasteiger partial charge in [0.15, 0.2) is 28.7 Å². The number of anilines is 2. The molecule has 14 aromatic rings. The Morgan fingerprint density at radius 2 is 0.923 bits per heavy atom. The highest BCUT2D eigenvalue weighted by molar-refractivity contribution is 6.42. The third-order valence-electron chi connectivity index (χ3n) is 15.3. The number of rotatable bonds is 14. The summed E-state index contributed by atoms with van der Waals surface area (Å²) in [7, 11) is 3.73. The van der Waals surface area contributed by atoms with E-state index in [2.05, 4.69) is 65.8 Å². The molecule has 0 saturated carbocycles. The minimum atomic E-state index is -0.345. The quantitative estimate of drug-likeness (QED) is 0.0488. The van der Waals surface area contributed by atoms with Crippen LogP contribution in [0.25, 0.3) is 65.9 Å². The topological polar surface area (TPSA) is 311 Å². The Morgan fingerprint density at radius 1 is 0.471 bits per heavy atom. The van der Waals surface area contributed by atoms with Gasteiger partial charge in [-0.25, -0.2) is 39.9 Å². The van der Waals surface area contributed by atoms with Crippen LogP contribution in [0.4, 0.5) is 11.6 Å². The number of nitrogens with zero attached hydrogens (tertiary/aromatic N) is 11. The van der Waals surface area contributed by atoms with Gasteiger partial charge in [-0.05, 0) is 122 Å². The molecule has 0 fully saturated rings. The highest BCUT2D eigenvalue weighted by atomic mass is 35.5. The number of benzene rings is 5. The second-order valence-corrected chi connectivity index (χ2v) is 26.4. The molecule has 0 radical (unpaired) electrons. The number of pyridine rings is 7. The van der Waals surface area contributed by atoms with Gasteiger partial charge in [0.2, 0.25) is 0 Å². The van der Waals surface area contributed by atoms with Crippen molar-refractivity contribution in [2.24, 2.45) is 7.05 Å². The van der Waals surface area contributed by atoms with E-state index >= 15 is 0 Å². The number of amides is 2. The molecule has 9 N–H and O–H groups in total. The maximum absolute atomic E-state index is 12.2. The molecule has 0 aliphatic carbocycles. The zero-order valence-corrected chi connectivity index (χ0v) is 62.1. The lowest BCUT2D eigenvalue weighted by Gasteiger charge is -2.17. The van der Waals surface area contributed by atoms with Gasteiger partial charge in [-0.3, -0.25) is 14.6 Å². The molecule has 0 bridgehead atoms. The number of aryl methyl sites for hydroxylation is 1. The molecule has 104 heavy (non-hydrogen) atoms. The Bertz CT molecular complexity index is 5460. The number of phenolic OH excluding ortho intramolecular Hbond substituents is 5. The summed E-state index contributed by atoms with van der Waals surface area (Å²) in [4.78, 5) is 67.2. The fourth-order valence-corrected chi connectivity index (χ4v) is 12.6. The van der Waals surface area contributed by atoms with Gasteiger partial charge in [-0.2, -0.15) is 0 Å². The molecule has 32 heteroatoms. The highest BCUT2D eigenvalue weighted by Crippen LogP contribution is 2.42. The number of aromatic hydroxyl groups is 5. The number of phenols is 5. The van der Waals surface area contributed by atoms with Gasteiger partial charge in [0, 0.05) is 104 Å². The van der Waals surface area contributed by atoms with Gasteiger partial charge in [0.25, 0.3) is 11.8 Å². The highest BCUT2D eigenvalue weighted by Gasteiger charge is 2.20. The van der Waals surface area contributed by atoms with Crippen LogP contribution in [0.1, 0.15) is 45.0 Å². The van der Waals surface area contributed by atoms with E-state index in [1.807, 2.05) is 97.3 Å². The predicted octanol–water partition coefficient (Wildman–Crippen LogP) is 18.0. The Kier molecular flexibility index (Phi) is 26.2. The lowest BCUT2D eigenvalue weighted by molar-refractivity contribution is 0.0941. The number of carbonyl (C=O) groups excluding carboxylic acids is 2. The lowest BCUT2D eigenvalue weighted by Crippen LogP contribution is -2.26. The molecule has 14 rings (SSSR count). The molecule has 0 atom stereocenters. The van der Waals surface area contributed by atoms with Gasteiger partial charge < -0.3 is 55.9 Å². The summed E-state index contributed by atoms with van der Waals surface area (Å²) in [5.41, 5.74) is 5.97. The number of imidazole rings is 2. The van der Waals surface area contributed by atoms with Crippen LogP contribution in [0.3, 0.4) is 0 Å². The summed E-state index contributed by atoms with van der Waals surface area (Å²) in [5.74, 6) is 0.130. The second-order valence-electron chi connectivity index (χ2n) is 22.3. The first-order valence-electron chi connectivity index (χ1n) is 31.0. The van der Waals surface area contributed by atoms with Crippen LogP contribution in [0, 0.1) is 0 Å². The van der Waals surface area contributed by atoms with E-state index in [4.69, 9.17) is 116 Å². The van der Waals surface area contributed by atoms with E-state index in [9.17, 15) is 35.1 Å². The van der Waals surface area contributed by atoms with Gasteiger partial charge in [-0.1, -0.05) is 135 Å². The molecule has 0 unspecified atom stereocenters. The fourth-order valence-electron chi connectivity index (χ4n) is 9.98. The van der Waals surface area contributed by atoms with Gasteiger partial charge >= 0.3 is 0 Å². The summed E-state index contributed by atoms with van der Waals surface area (Å²) >= 11 is 59.9. The standard InChI is InChI=1S/C16H14Cl2N4O2.C15H12Cl2N4O2.C15H11Cl2N3O.C14H8Cl2N2O.C12H12Cl2N2O/c1-22-7-9(20-8-22)4-5-19-16(24)13-3-2-10-11(17)6-12(18)15(23)14(10)21-13;16-10-5-11(17)14(22)13-9(10)1-2-12(21-13)15(23)19-4-3-8-6-18-7-20-8;1-20(12-4-2-3-7-18-12)13-6-5-9-10(16)8-11(17)15(21)14(9)19-13;15-9-7-10(16)14(19)13-8(9)4-5-12(18-13)11-3-1-2-6-17-11;1-2-15-6-7-3-4-8-9(13)5-10(14)12(17)11(8)16-7/h2-3,6-8,23H,4-5H2,1H3,(H,19,24);1-2,5-7,22H,3-4H2,(H,18,20)(H,19,23);2-8,21H,1H3;1-7,19H;3-5,15,17H,2,6H2,1H3. The Labute approximate surface area is 643 Å². The number of hydrogen-bond donors (Lipinski definition) is 9. The zero-order chi connectivity index (χ0) is 74.5. The van der Waals surface area contributed by atoms with E-state index in [-0.39, 0.29) is 88.1 Å². The average molecular weight is 1600 g/mol. The molecule has 2 amide bonds. The second kappa shape index (κ2) is 35.3.